The lowest BCUT2D eigenvalue weighted by Gasteiger charge is -2.17. The Hall–Kier alpha value is -3.02. The maximum atomic E-state index is 13.8. The first-order valence-electron chi connectivity index (χ1n) is 8.31. The molecule has 0 fully saturated rings. The molecule has 0 aliphatic heterocycles. The zero-order valence-corrected chi connectivity index (χ0v) is 15.0. The Morgan fingerprint density at radius 1 is 1.15 bits per heavy atom. The summed E-state index contributed by atoms with van der Waals surface area (Å²) in [5, 5.41) is 7.69. The molecule has 5 nitrogen and oxygen atoms in total. The largest absolute Gasteiger partial charge is 0.424 e. The van der Waals surface area contributed by atoms with Gasteiger partial charge in [0.05, 0.1) is 6.54 Å². The summed E-state index contributed by atoms with van der Waals surface area (Å²) < 4.78 is 19.1. The van der Waals surface area contributed by atoms with Crippen LogP contribution in [0.4, 0.5) is 4.39 Å². The third kappa shape index (κ3) is 3.96. The fourth-order valence-electron chi connectivity index (χ4n) is 2.73. The van der Waals surface area contributed by atoms with E-state index in [1.54, 1.807) is 33.0 Å². The Kier molecular flexibility index (Phi) is 5.11. The first-order chi connectivity index (χ1) is 12.4. The summed E-state index contributed by atoms with van der Waals surface area (Å²) in [7, 11) is 1.68. The highest BCUT2D eigenvalue weighted by molar-refractivity contribution is 5.95. The maximum absolute atomic E-state index is 13.8. The number of hydrogen-bond acceptors (Lipinski definition) is 4. The quantitative estimate of drug-likeness (QED) is 0.702. The number of hydrogen-bond donors (Lipinski definition) is 0. The van der Waals surface area contributed by atoms with Crippen molar-refractivity contribution in [2.75, 3.05) is 7.05 Å². The Labute approximate surface area is 151 Å². The average Bonchev–Trinajstić information content (AvgIpc) is 3.03. The maximum Gasteiger partial charge on any atom is 0.254 e. The molecule has 134 valence electrons. The molecule has 0 saturated carbocycles. The molecule has 2 aromatic carbocycles. The lowest BCUT2D eigenvalue weighted by Crippen LogP contribution is -2.27. The smallest absolute Gasteiger partial charge is 0.254 e. The summed E-state index contributed by atoms with van der Waals surface area (Å²) in [6.45, 7) is 3.66. The van der Waals surface area contributed by atoms with Crippen molar-refractivity contribution < 1.29 is 13.6 Å². The van der Waals surface area contributed by atoms with Gasteiger partial charge in [-0.2, -0.15) is 0 Å². The van der Waals surface area contributed by atoms with Gasteiger partial charge in [0.25, 0.3) is 5.91 Å². The van der Waals surface area contributed by atoms with Crippen LogP contribution >= 0.6 is 0 Å². The topological polar surface area (TPSA) is 59.2 Å². The van der Waals surface area contributed by atoms with Crippen LogP contribution in [0.25, 0.3) is 0 Å². The predicted molar refractivity (Wildman–Crippen MR) is 95.2 cm³/mol. The third-order valence-electron chi connectivity index (χ3n) is 4.17. The van der Waals surface area contributed by atoms with E-state index in [9.17, 15) is 9.18 Å². The van der Waals surface area contributed by atoms with E-state index in [4.69, 9.17) is 4.42 Å². The van der Waals surface area contributed by atoms with Gasteiger partial charge in [0.15, 0.2) is 0 Å². The Morgan fingerprint density at radius 2 is 1.92 bits per heavy atom. The van der Waals surface area contributed by atoms with Gasteiger partial charge in [-0.3, -0.25) is 4.79 Å². The molecule has 26 heavy (non-hydrogen) atoms. The molecule has 0 spiro atoms. The van der Waals surface area contributed by atoms with Crippen LogP contribution < -0.4 is 0 Å². The molecule has 3 aromatic rings. The van der Waals surface area contributed by atoms with Crippen molar-refractivity contribution in [1.29, 1.82) is 0 Å². The van der Waals surface area contributed by atoms with E-state index in [1.807, 2.05) is 24.3 Å². The van der Waals surface area contributed by atoms with E-state index in [2.05, 4.69) is 10.2 Å². The minimum absolute atomic E-state index is 0.149. The van der Waals surface area contributed by atoms with Crippen molar-refractivity contribution in [2.24, 2.45) is 0 Å². The van der Waals surface area contributed by atoms with Crippen LogP contribution in [0.1, 0.15) is 38.8 Å². The summed E-state index contributed by atoms with van der Waals surface area (Å²) in [4.78, 5) is 14.4. The number of carbonyl (C=O) groups is 1. The van der Waals surface area contributed by atoms with Crippen molar-refractivity contribution in [3.8, 4) is 0 Å². The number of benzene rings is 2. The first kappa shape index (κ1) is 17.8. The summed E-state index contributed by atoms with van der Waals surface area (Å²) >= 11 is 0. The number of aromatic nitrogens is 2. The SMILES string of the molecule is Cc1nnc(CN(C)C(=O)c2ccccc2Cc2ccc(C)c(F)c2)o1. The molecule has 6 heteroatoms. The Balaban J connectivity index is 1.81. The van der Waals surface area contributed by atoms with Crippen molar-refractivity contribution in [2.45, 2.75) is 26.8 Å². The van der Waals surface area contributed by atoms with Crippen LogP contribution in [0, 0.1) is 19.7 Å². The summed E-state index contributed by atoms with van der Waals surface area (Å²) in [6.07, 6.45) is 0.479. The van der Waals surface area contributed by atoms with Crippen LogP contribution in [0.5, 0.6) is 0 Å². The van der Waals surface area contributed by atoms with Crippen LogP contribution in [0.2, 0.25) is 0 Å². The standard InChI is InChI=1S/C20H20FN3O2/c1-13-8-9-15(11-18(13)21)10-16-6-4-5-7-17(16)20(25)24(3)12-19-23-22-14(2)26-19/h4-9,11H,10,12H2,1-3H3. The van der Waals surface area contributed by atoms with E-state index in [1.165, 1.54) is 11.0 Å². The summed E-state index contributed by atoms with van der Waals surface area (Å²) in [5.74, 6) is 0.457. The van der Waals surface area contributed by atoms with E-state index in [0.29, 0.717) is 29.3 Å². The van der Waals surface area contributed by atoms with Crippen molar-refractivity contribution in [1.82, 2.24) is 15.1 Å². The van der Waals surface area contributed by atoms with Gasteiger partial charge in [-0.1, -0.05) is 30.3 Å². The van der Waals surface area contributed by atoms with E-state index >= 15 is 0 Å². The fraction of sp³-hybridized carbons (Fsp3) is 0.250. The molecule has 0 N–H and O–H groups in total. The third-order valence-corrected chi connectivity index (χ3v) is 4.17. The van der Waals surface area contributed by atoms with Gasteiger partial charge in [0.1, 0.15) is 5.82 Å². The summed E-state index contributed by atoms with van der Waals surface area (Å²) in [5.41, 5.74) is 2.85. The average molecular weight is 353 g/mol. The van der Waals surface area contributed by atoms with Gasteiger partial charge in [0.2, 0.25) is 11.8 Å². The number of aryl methyl sites for hydroxylation is 2. The van der Waals surface area contributed by atoms with Crippen molar-refractivity contribution in [3.05, 3.63) is 82.3 Å². The lowest BCUT2D eigenvalue weighted by atomic mass is 9.98. The number of halogens is 1. The highest BCUT2D eigenvalue weighted by Gasteiger charge is 2.18. The van der Waals surface area contributed by atoms with Gasteiger partial charge in [-0.15, -0.1) is 10.2 Å². The van der Waals surface area contributed by atoms with Gasteiger partial charge in [-0.05, 0) is 42.2 Å². The normalized spacial score (nSPS) is 10.8. The van der Waals surface area contributed by atoms with Crippen molar-refractivity contribution in [3.63, 3.8) is 0 Å². The monoisotopic (exact) mass is 353 g/mol. The molecule has 0 radical (unpaired) electrons. The number of rotatable bonds is 5. The molecule has 0 aliphatic carbocycles. The molecule has 0 unspecified atom stereocenters. The molecule has 1 aromatic heterocycles. The second kappa shape index (κ2) is 7.47. The van der Waals surface area contributed by atoms with Crippen LogP contribution in [0.15, 0.2) is 46.9 Å². The lowest BCUT2D eigenvalue weighted by molar-refractivity contribution is 0.0771. The second-order valence-corrected chi connectivity index (χ2v) is 6.29. The molecular weight excluding hydrogens is 333 g/mol. The van der Waals surface area contributed by atoms with Crippen LogP contribution in [0.3, 0.4) is 0 Å². The highest BCUT2D eigenvalue weighted by atomic mass is 19.1. The Bertz CT molecular complexity index is 936. The minimum Gasteiger partial charge on any atom is -0.424 e. The molecule has 0 atom stereocenters. The summed E-state index contributed by atoms with van der Waals surface area (Å²) in [6, 6.07) is 12.5. The van der Waals surface area contributed by atoms with E-state index in [0.717, 1.165) is 11.1 Å². The molecule has 0 bridgehead atoms. The number of carbonyl (C=O) groups excluding carboxylic acids is 1. The highest BCUT2D eigenvalue weighted by Crippen LogP contribution is 2.18. The molecule has 1 heterocycles. The zero-order chi connectivity index (χ0) is 18.7. The first-order valence-corrected chi connectivity index (χ1v) is 8.31. The van der Waals surface area contributed by atoms with Gasteiger partial charge >= 0.3 is 0 Å². The number of nitrogens with zero attached hydrogens (tertiary/aromatic N) is 3. The molecule has 1 amide bonds. The molecular formula is C20H20FN3O2. The van der Waals surface area contributed by atoms with Crippen LogP contribution in [-0.2, 0) is 13.0 Å². The predicted octanol–water partition coefficient (Wildman–Crippen LogP) is 3.69. The van der Waals surface area contributed by atoms with Crippen molar-refractivity contribution >= 4 is 5.91 Å². The molecule has 0 saturated heterocycles. The molecule has 3 rings (SSSR count). The van der Waals surface area contributed by atoms with Gasteiger partial charge in [0, 0.05) is 19.5 Å². The van der Waals surface area contributed by atoms with Gasteiger partial charge in [-0.25, -0.2) is 4.39 Å². The fourth-order valence-corrected chi connectivity index (χ4v) is 2.73. The molecule has 0 aliphatic rings. The number of amides is 1. The van der Waals surface area contributed by atoms with E-state index in [-0.39, 0.29) is 18.3 Å². The van der Waals surface area contributed by atoms with Gasteiger partial charge < -0.3 is 9.32 Å². The second-order valence-electron chi connectivity index (χ2n) is 6.29. The Morgan fingerprint density at radius 3 is 2.62 bits per heavy atom. The van der Waals surface area contributed by atoms with Crippen LogP contribution in [-0.4, -0.2) is 28.1 Å². The van der Waals surface area contributed by atoms with E-state index < -0.39 is 0 Å². The zero-order valence-electron chi connectivity index (χ0n) is 15.0. The minimum atomic E-state index is -0.241.